The first-order valence-electron chi connectivity index (χ1n) is 8.64. The second kappa shape index (κ2) is 7.83. The van der Waals surface area contributed by atoms with Crippen LogP contribution in [0.4, 0.5) is 5.69 Å². The third-order valence-electron chi connectivity index (χ3n) is 4.22. The van der Waals surface area contributed by atoms with E-state index >= 15 is 0 Å². The molecule has 1 atom stereocenters. The van der Waals surface area contributed by atoms with Gasteiger partial charge in [0, 0.05) is 16.6 Å². The molecule has 1 N–H and O–H groups in total. The van der Waals surface area contributed by atoms with Crippen LogP contribution in [0.25, 0.3) is 10.8 Å². The molecule has 26 heavy (non-hydrogen) atoms. The number of hydrogen-bond acceptors (Lipinski definition) is 3. The zero-order valence-corrected chi connectivity index (χ0v) is 14.9. The Morgan fingerprint density at radius 1 is 1.00 bits per heavy atom. The molecule has 0 saturated carbocycles. The molecule has 3 rings (SSSR count). The van der Waals surface area contributed by atoms with Crippen molar-refractivity contribution in [2.24, 2.45) is 0 Å². The number of anilines is 1. The Morgan fingerprint density at radius 3 is 2.50 bits per heavy atom. The summed E-state index contributed by atoms with van der Waals surface area (Å²) in [6.45, 7) is 3.40. The summed E-state index contributed by atoms with van der Waals surface area (Å²) in [5, 5.41) is 4.88. The molecule has 0 fully saturated rings. The van der Waals surface area contributed by atoms with Crippen molar-refractivity contribution in [1.82, 2.24) is 0 Å². The van der Waals surface area contributed by atoms with E-state index in [-0.39, 0.29) is 11.7 Å². The fraction of sp³-hybridized carbons (Fsp3) is 0.182. The highest BCUT2D eigenvalue weighted by molar-refractivity contribution is 5.98. The van der Waals surface area contributed by atoms with E-state index in [1.54, 1.807) is 24.3 Å². The Hall–Kier alpha value is -3.14. The van der Waals surface area contributed by atoms with Crippen molar-refractivity contribution in [3.05, 3.63) is 72.3 Å². The lowest BCUT2D eigenvalue weighted by Gasteiger charge is -2.18. The highest BCUT2D eigenvalue weighted by Gasteiger charge is 2.19. The zero-order chi connectivity index (χ0) is 18.5. The largest absolute Gasteiger partial charge is 0.480 e. The van der Waals surface area contributed by atoms with E-state index < -0.39 is 6.10 Å². The van der Waals surface area contributed by atoms with E-state index in [4.69, 9.17) is 4.74 Å². The van der Waals surface area contributed by atoms with E-state index in [1.807, 2.05) is 49.4 Å². The Labute approximate surface area is 152 Å². The average molecular weight is 347 g/mol. The van der Waals surface area contributed by atoms with Crippen molar-refractivity contribution >= 4 is 28.2 Å². The molecule has 3 aromatic rings. The Kier molecular flexibility index (Phi) is 5.32. The van der Waals surface area contributed by atoms with Gasteiger partial charge in [-0.3, -0.25) is 9.59 Å². The van der Waals surface area contributed by atoms with Gasteiger partial charge in [0.25, 0.3) is 5.91 Å². The molecule has 0 aliphatic rings. The minimum atomic E-state index is -0.623. The first-order chi connectivity index (χ1) is 12.6. The van der Waals surface area contributed by atoms with E-state index in [0.717, 1.165) is 10.8 Å². The summed E-state index contributed by atoms with van der Waals surface area (Å²) >= 11 is 0. The number of hydrogen-bond donors (Lipinski definition) is 1. The monoisotopic (exact) mass is 347 g/mol. The van der Waals surface area contributed by atoms with Gasteiger partial charge in [-0.2, -0.15) is 0 Å². The molecule has 0 saturated heterocycles. The van der Waals surface area contributed by atoms with Crippen molar-refractivity contribution < 1.29 is 14.3 Å². The minimum absolute atomic E-state index is 0.0415. The Bertz CT molecular complexity index is 944. The Balaban J connectivity index is 1.79. The number of benzene rings is 3. The van der Waals surface area contributed by atoms with Gasteiger partial charge < -0.3 is 10.1 Å². The molecule has 3 aromatic carbocycles. The van der Waals surface area contributed by atoms with E-state index in [1.165, 1.54) is 6.92 Å². The third kappa shape index (κ3) is 3.91. The maximum Gasteiger partial charge on any atom is 0.265 e. The fourth-order valence-electron chi connectivity index (χ4n) is 2.81. The number of Topliss-reactive ketones (excluding diaryl/α,β-unsaturated/α-hetero) is 1. The number of carbonyl (C=O) groups is 2. The van der Waals surface area contributed by atoms with Gasteiger partial charge in [-0.05, 0) is 36.9 Å². The van der Waals surface area contributed by atoms with Crippen LogP contribution in [-0.4, -0.2) is 17.8 Å². The van der Waals surface area contributed by atoms with Crippen LogP contribution < -0.4 is 10.1 Å². The Morgan fingerprint density at radius 2 is 1.73 bits per heavy atom. The van der Waals surface area contributed by atoms with E-state index in [2.05, 4.69) is 5.32 Å². The normalized spacial score (nSPS) is 11.8. The summed E-state index contributed by atoms with van der Waals surface area (Å²) in [6.07, 6.45) is -0.0941. The van der Waals surface area contributed by atoms with Gasteiger partial charge in [-0.1, -0.05) is 55.5 Å². The molecule has 4 heteroatoms. The molecule has 0 radical (unpaired) electrons. The molecular weight excluding hydrogens is 326 g/mol. The smallest absolute Gasteiger partial charge is 0.265 e. The predicted molar refractivity (Wildman–Crippen MR) is 104 cm³/mol. The molecule has 0 aliphatic carbocycles. The quantitative estimate of drug-likeness (QED) is 0.649. The van der Waals surface area contributed by atoms with Gasteiger partial charge in [0.2, 0.25) is 0 Å². The second-order valence-electron chi connectivity index (χ2n) is 6.12. The molecule has 0 heterocycles. The molecule has 0 spiro atoms. The number of ether oxygens (including phenoxy) is 1. The maximum atomic E-state index is 12.6. The molecule has 0 aliphatic heterocycles. The number of amides is 1. The van der Waals surface area contributed by atoms with Crippen molar-refractivity contribution in [3.63, 3.8) is 0 Å². The standard InChI is InChI=1S/C22H21NO3/c1-3-20(22(25)23-18-11-6-10-17(14-18)15(2)24)26-21-13-7-9-16-8-4-5-12-19(16)21/h4-14,20H,3H2,1-2H3,(H,23,25)/t20-/m0/s1. The van der Waals surface area contributed by atoms with Gasteiger partial charge in [-0.15, -0.1) is 0 Å². The second-order valence-corrected chi connectivity index (χ2v) is 6.12. The van der Waals surface area contributed by atoms with Gasteiger partial charge in [-0.25, -0.2) is 0 Å². The fourth-order valence-corrected chi connectivity index (χ4v) is 2.81. The van der Waals surface area contributed by atoms with Gasteiger partial charge >= 0.3 is 0 Å². The highest BCUT2D eigenvalue weighted by atomic mass is 16.5. The van der Waals surface area contributed by atoms with Crippen molar-refractivity contribution in [2.45, 2.75) is 26.4 Å². The number of ketones is 1. The summed E-state index contributed by atoms with van der Waals surface area (Å²) in [6, 6.07) is 20.6. The number of carbonyl (C=O) groups excluding carboxylic acids is 2. The minimum Gasteiger partial charge on any atom is -0.480 e. The molecule has 132 valence electrons. The van der Waals surface area contributed by atoms with Crippen LogP contribution in [0.5, 0.6) is 5.75 Å². The number of fused-ring (bicyclic) bond motifs is 1. The van der Waals surface area contributed by atoms with Crippen LogP contribution in [0.1, 0.15) is 30.6 Å². The average Bonchev–Trinajstić information content (AvgIpc) is 2.66. The van der Waals surface area contributed by atoms with Crippen LogP contribution in [0.3, 0.4) is 0 Å². The highest BCUT2D eigenvalue weighted by Crippen LogP contribution is 2.26. The van der Waals surface area contributed by atoms with Crippen LogP contribution >= 0.6 is 0 Å². The predicted octanol–water partition coefficient (Wildman–Crippen LogP) is 4.84. The van der Waals surface area contributed by atoms with Gasteiger partial charge in [0.15, 0.2) is 11.9 Å². The van der Waals surface area contributed by atoms with E-state index in [0.29, 0.717) is 23.4 Å². The lowest BCUT2D eigenvalue weighted by Crippen LogP contribution is -2.32. The van der Waals surface area contributed by atoms with Gasteiger partial charge in [0.1, 0.15) is 5.75 Å². The lowest BCUT2D eigenvalue weighted by atomic mass is 10.1. The van der Waals surface area contributed by atoms with Crippen LogP contribution in [-0.2, 0) is 4.79 Å². The van der Waals surface area contributed by atoms with Crippen LogP contribution in [0.15, 0.2) is 66.7 Å². The molecule has 0 aromatic heterocycles. The molecule has 1 amide bonds. The van der Waals surface area contributed by atoms with Crippen LogP contribution in [0.2, 0.25) is 0 Å². The first kappa shape index (κ1) is 17.7. The molecule has 0 bridgehead atoms. The summed E-state index contributed by atoms with van der Waals surface area (Å²) in [4.78, 5) is 24.1. The summed E-state index contributed by atoms with van der Waals surface area (Å²) in [5.41, 5.74) is 1.15. The first-order valence-corrected chi connectivity index (χ1v) is 8.64. The van der Waals surface area contributed by atoms with E-state index in [9.17, 15) is 9.59 Å². The van der Waals surface area contributed by atoms with Crippen molar-refractivity contribution in [1.29, 1.82) is 0 Å². The molecular formula is C22H21NO3. The summed E-state index contributed by atoms with van der Waals surface area (Å²) in [5.74, 6) is 0.406. The number of rotatable bonds is 6. The lowest BCUT2D eigenvalue weighted by molar-refractivity contribution is -0.122. The summed E-state index contributed by atoms with van der Waals surface area (Å²) in [7, 11) is 0. The topological polar surface area (TPSA) is 55.4 Å². The number of nitrogens with one attached hydrogen (secondary N) is 1. The van der Waals surface area contributed by atoms with Gasteiger partial charge in [0.05, 0.1) is 0 Å². The molecule has 4 nitrogen and oxygen atoms in total. The van der Waals surface area contributed by atoms with Crippen molar-refractivity contribution in [2.75, 3.05) is 5.32 Å². The maximum absolute atomic E-state index is 12.6. The SMILES string of the molecule is CC[C@H](Oc1cccc2ccccc12)C(=O)Nc1cccc(C(C)=O)c1. The van der Waals surface area contributed by atoms with Crippen molar-refractivity contribution in [3.8, 4) is 5.75 Å². The molecule has 0 unspecified atom stereocenters. The van der Waals surface area contributed by atoms with Crippen LogP contribution in [0, 0.1) is 0 Å². The third-order valence-corrected chi connectivity index (χ3v) is 4.22. The zero-order valence-electron chi connectivity index (χ0n) is 14.9. The summed E-state index contributed by atoms with van der Waals surface area (Å²) < 4.78 is 6.01.